The van der Waals surface area contributed by atoms with Crippen LogP contribution >= 0.6 is 0 Å². The summed E-state index contributed by atoms with van der Waals surface area (Å²) in [5.74, 6) is -1.27. The van der Waals surface area contributed by atoms with Crippen LogP contribution in [-0.2, 0) is 0 Å². The monoisotopic (exact) mass is 328 g/mol. The number of hydrogen-bond acceptors (Lipinski definition) is 3. The van der Waals surface area contributed by atoms with Crippen LogP contribution in [0, 0.1) is 5.82 Å². The fraction of sp³-hybridized carbons (Fsp3) is 0.222. The van der Waals surface area contributed by atoms with Crippen LogP contribution in [-0.4, -0.2) is 34.5 Å². The third-order valence-corrected chi connectivity index (χ3v) is 4.19. The molecule has 3 rings (SSSR count). The Hall–Kier alpha value is -2.73. The second-order valence-electron chi connectivity index (χ2n) is 5.86. The zero-order valence-corrected chi connectivity index (χ0v) is 12.9. The van der Waals surface area contributed by atoms with Gasteiger partial charge in [-0.05, 0) is 42.3 Å². The maximum atomic E-state index is 13.1. The number of hydrogen-bond donors (Lipinski definition) is 2. The standard InChI is InChI=1S/C18H17FN2O3/c19-14-6-4-11(5-7-14)16-9-15(22)10-21(16)18(24)13-3-1-2-12(8-13)17(20)23/h1-8,15-16,22H,9-10H2,(H2,20,23). The van der Waals surface area contributed by atoms with Crippen molar-refractivity contribution in [2.75, 3.05) is 6.54 Å². The van der Waals surface area contributed by atoms with Crippen molar-refractivity contribution in [2.45, 2.75) is 18.6 Å². The van der Waals surface area contributed by atoms with Gasteiger partial charge in [0, 0.05) is 17.7 Å². The smallest absolute Gasteiger partial charge is 0.254 e. The van der Waals surface area contributed by atoms with Crippen LogP contribution in [0.2, 0.25) is 0 Å². The summed E-state index contributed by atoms with van der Waals surface area (Å²) in [5.41, 5.74) is 6.58. The van der Waals surface area contributed by atoms with E-state index < -0.39 is 12.0 Å². The highest BCUT2D eigenvalue weighted by Crippen LogP contribution is 2.33. The number of rotatable bonds is 3. The van der Waals surface area contributed by atoms with Crippen molar-refractivity contribution in [3.63, 3.8) is 0 Å². The SMILES string of the molecule is NC(=O)c1cccc(C(=O)N2CC(O)CC2c2ccc(F)cc2)c1. The molecule has 24 heavy (non-hydrogen) atoms. The third-order valence-electron chi connectivity index (χ3n) is 4.19. The molecule has 2 atom stereocenters. The zero-order valence-electron chi connectivity index (χ0n) is 12.9. The summed E-state index contributed by atoms with van der Waals surface area (Å²) in [7, 11) is 0. The quantitative estimate of drug-likeness (QED) is 0.902. The Balaban J connectivity index is 1.91. The highest BCUT2D eigenvalue weighted by Gasteiger charge is 2.35. The first-order valence-electron chi connectivity index (χ1n) is 7.60. The van der Waals surface area contributed by atoms with Gasteiger partial charge in [-0.15, -0.1) is 0 Å². The van der Waals surface area contributed by atoms with E-state index in [2.05, 4.69) is 0 Å². The first kappa shape index (κ1) is 16.1. The molecule has 0 radical (unpaired) electrons. The molecular formula is C18H17FN2O3. The molecule has 1 aliphatic heterocycles. The summed E-state index contributed by atoms with van der Waals surface area (Å²) in [6.45, 7) is 0.182. The van der Waals surface area contributed by atoms with Gasteiger partial charge in [0.05, 0.1) is 12.1 Å². The number of benzene rings is 2. The number of β-amino-alcohol motifs (C(OH)–C–C–N with tert-alkyl or cyclic N) is 1. The second-order valence-corrected chi connectivity index (χ2v) is 5.86. The van der Waals surface area contributed by atoms with E-state index in [-0.39, 0.29) is 29.9 Å². The number of aliphatic hydroxyl groups is 1. The Bertz CT molecular complexity index is 776. The van der Waals surface area contributed by atoms with E-state index in [9.17, 15) is 19.1 Å². The zero-order chi connectivity index (χ0) is 17.3. The van der Waals surface area contributed by atoms with Gasteiger partial charge in [-0.1, -0.05) is 18.2 Å². The van der Waals surface area contributed by atoms with Crippen molar-refractivity contribution in [1.29, 1.82) is 0 Å². The molecule has 2 aromatic rings. The predicted octanol–water partition coefficient (Wildman–Crippen LogP) is 1.87. The van der Waals surface area contributed by atoms with E-state index in [1.54, 1.807) is 24.3 Å². The Labute approximate surface area is 138 Å². The first-order valence-corrected chi connectivity index (χ1v) is 7.60. The molecule has 0 bridgehead atoms. The van der Waals surface area contributed by atoms with Gasteiger partial charge in [0.15, 0.2) is 0 Å². The van der Waals surface area contributed by atoms with Gasteiger partial charge >= 0.3 is 0 Å². The molecule has 1 fully saturated rings. The van der Waals surface area contributed by atoms with Crippen LogP contribution in [0.15, 0.2) is 48.5 Å². The predicted molar refractivity (Wildman–Crippen MR) is 85.8 cm³/mol. The Morgan fingerprint density at radius 2 is 1.79 bits per heavy atom. The minimum atomic E-state index is -0.650. The van der Waals surface area contributed by atoms with Gasteiger partial charge in [-0.25, -0.2) is 4.39 Å². The normalized spacial score (nSPS) is 20.2. The third kappa shape index (κ3) is 3.14. The molecule has 0 saturated carbocycles. The second kappa shape index (κ2) is 6.41. The molecular weight excluding hydrogens is 311 g/mol. The molecule has 0 aromatic heterocycles. The lowest BCUT2D eigenvalue weighted by molar-refractivity contribution is 0.0716. The van der Waals surface area contributed by atoms with Gasteiger partial charge in [-0.3, -0.25) is 9.59 Å². The number of nitrogens with zero attached hydrogens (tertiary/aromatic N) is 1. The molecule has 2 unspecified atom stereocenters. The molecule has 5 nitrogen and oxygen atoms in total. The van der Waals surface area contributed by atoms with Crippen LogP contribution < -0.4 is 5.73 Å². The average molecular weight is 328 g/mol. The molecule has 1 saturated heterocycles. The molecule has 1 heterocycles. The summed E-state index contributed by atoms with van der Waals surface area (Å²) in [6.07, 6.45) is -0.268. The first-order chi connectivity index (χ1) is 11.5. The van der Waals surface area contributed by atoms with Crippen molar-refractivity contribution in [2.24, 2.45) is 5.73 Å². The van der Waals surface area contributed by atoms with Crippen LogP contribution in [0.1, 0.15) is 38.7 Å². The van der Waals surface area contributed by atoms with Crippen molar-refractivity contribution in [1.82, 2.24) is 4.90 Å². The van der Waals surface area contributed by atoms with E-state index in [1.165, 1.54) is 29.2 Å². The summed E-state index contributed by atoms with van der Waals surface area (Å²) < 4.78 is 13.1. The minimum Gasteiger partial charge on any atom is -0.391 e. The lowest BCUT2D eigenvalue weighted by Crippen LogP contribution is -2.32. The number of amides is 2. The number of aliphatic hydroxyl groups excluding tert-OH is 1. The van der Waals surface area contributed by atoms with Gasteiger partial charge in [0.1, 0.15) is 5.82 Å². The number of carbonyl (C=O) groups excluding carboxylic acids is 2. The topological polar surface area (TPSA) is 83.6 Å². The van der Waals surface area contributed by atoms with E-state index in [0.29, 0.717) is 12.0 Å². The van der Waals surface area contributed by atoms with Gasteiger partial charge in [0.2, 0.25) is 5.91 Å². The fourth-order valence-corrected chi connectivity index (χ4v) is 3.01. The van der Waals surface area contributed by atoms with Crippen molar-refractivity contribution >= 4 is 11.8 Å². The van der Waals surface area contributed by atoms with Crippen molar-refractivity contribution < 1.29 is 19.1 Å². The number of halogens is 1. The van der Waals surface area contributed by atoms with E-state index in [4.69, 9.17) is 5.73 Å². The molecule has 2 aromatic carbocycles. The summed E-state index contributed by atoms with van der Waals surface area (Å²) in [4.78, 5) is 25.6. The number of carbonyl (C=O) groups is 2. The van der Waals surface area contributed by atoms with Gasteiger partial charge in [-0.2, -0.15) is 0 Å². The molecule has 6 heteroatoms. The van der Waals surface area contributed by atoms with Crippen molar-refractivity contribution in [3.05, 3.63) is 71.0 Å². The van der Waals surface area contributed by atoms with Crippen LogP contribution in [0.4, 0.5) is 4.39 Å². The molecule has 0 aliphatic carbocycles. The molecule has 0 spiro atoms. The van der Waals surface area contributed by atoms with E-state index in [0.717, 1.165) is 5.56 Å². The minimum absolute atomic E-state index is 0.182. The van der Waals surface area contributed by atoms with E-state index >= 15 is 0 Å². The van der Waals surface area contributed by atoms with Crippen LogP contribution in [0.25, 0.3) is 0 Å². The Morgan fingerprint density at radius 1 is 1.12 bits per heavy atom. The van der Waals surface area contributed by atoms with Crippen LogP contribution in [0.3, 0.4) is 0 Å². The van der Waals surface area contributed by atoms with E-state index in [1.807, 2.05) is 0 Å². The Kier molecular flexibility index (Phi) is 4.31. The highest BCUT2D eigenvalue weighted by atomic mass is 19.1. The lowest BCUT2D eigenvalue weighted by atomic mass is 10.0. The van der Waals surface area contributed by atoms with Gasteiger partial charge in [0.25, 0.3) is 5.91 Å². The molecule has 3 N–H and O–H groups in total. The molecule has 2 amide bonds. The number of likely N-dealkylation sites (tertiary alicyclic amines) is 1. The summed E-state index contributed by atoms with van der Waals surface area (Å²) >= 11 is 0. The summed E-state index contributed by atoms with van der Waals surface area (Å²) in [5, 5.41) is 9.98. The maximum absolute atomic E-state index is 13.1. The molecule has 124 valence electrons. The van der Waals surface area contributed by atoms with Crippen LogP contribution in [0.5, 0.6) is 0 Å². The fourth-order valence-electron chi connectivity index (χ4n) is 3.01. The average Bonchev–Trinajstić information content (AvgIpc) is 2.96. The summed E-state index contributed by atoms with van der Waals surface area (Å²) in [6, 6.07) is 11.7. The highest BCUT2D eigenvalue weighted by molar-refractivity contribution is 5.99. The molecule has 1 aliphatic rings. The number of primary amides is 1. The van der Waals surface area contributed by atoms with Crippen molar-refractivity contribution in [3.8, 4) is 0 Å². The largest absolute Gasteiger partial charge is 0.391 e. The lowest BCUT2D eigenvalue weighted by Gasteiger charge is -2.25. The maximum Gasteiger partial charge on any atom is 0.254 e. The number of nitrogens with two attached hydrogens (primary N) is 1. The Morgan fingerprint density at radius 3 is 2.46 bits per heavy atom. The van der Waals surface area contributed by atoms with Gasteiger partial charge < -0.3 is 15.7 Å².